The van der Waals surface area contributed by atoms with E-state index in [1.165, 1.54) is 0 Å². The van der Waals surface area contributed by atoms with Gasteiger partial charge in [-0.05, 0) is 24.0 Å². The quantitative estimate of drug-likeness (QED) is 0.761. The highest BCUT2D eigenvalue weighted by Gasteiger charge is 2.36. The minimum atomic E-state index is -0.412. The summed E-state index contributed by atoms with van der Waals surface area (Å²) in [6, 6.07) is 13.2. The number of benzene rings is 2. The van der Waals surface area contributed by atoms with Crippen LogP contribution in [0.15, 0.2) is 42.5 Å². The molecule has 1 heterocycles. The third kappa shape index (κ3) is 4.53. The molecule has 3 rings (SSSR count). The molecule has 1 saturated heterocycles. The van der Waals surface area contributed by atoms with Crippen LogP contribution in [0.4, 0.5) is 11.4 Å². The monoisotopic (exact) mass is 396 g/mol. The Morgan fingerprint density at radius 1 is 1.17 bits per heavy atom. The highest BCUT2D eigenvalue weighted by molar-refractivity contribution is 6.04. The van der Waals surface area contributed by atoms with Crippen molar-refractivity contribution < 1.29 is 19.1 Å². The van der Waals surface area contributed by atoms with Crippen LogP contribution in [0.25, 0.3) is 0 Å². The summed E-state index contributed by atoms with van der Waals surface area (Å²) in [6.45, 7) is 4.66. The minimum absolute atomic E-state index is 0.0240. The lowest BCUT2D eigenvalue weighted by atomic mass is 9.96. The summed E-state index contributed by atoms with van der Waals surface area (Å²) >= 11 is 0. The second-order valence-electron chi connectivity index (χ2n) is 7.36. The molecule has 0 saturated carbocycles. The van der Waals surface area contributed by atoms with Crippen molar-refractivity contribution in [1.29, 1.82) is 0 Å². The van der Waals surface area contributed by atoms with Gasteiger partial charge in [0.15, 0.2) is 0 Å². The maximum Gasteiger partial charge on any atom is 0.229 e. The Morgan fingerprint density at radius 2 is 1.83 bits per heavy atom. The zero-order valence-electron chi connectivity index (χ0n) is 17.4. The number of amides is 2. The number of methoxy groups -OCH3 is 2. The van der Waals surface area contributed by atoms with Gasteiger partial charge in [-0.3, -0.25) is 9.59 Å². The van der Waals surface area contributed by atoms with Gasteiger partial charge in [-0.15, -0.1) is 0 Å². The molecule has 0 bridgehead atoms. The van der Waals surface area contributed by atoms with Crippen LogP contribution in [0.1, 0.15) is 38.2 Å². The number of hydrogen-bond acceptors (Lipinski definition) is 4. The number of hydrogen-bond donors (Lipinski definition) is 1. The van der Waals surface area contributed by atoms with Crippen molar-refractivity contribution >= 4 is 23.2 Å². The third-order valence-electron chi connectivity index (χ3n) is 5.49. The number of para-hydroxylation sites is 1. The van der Waals surface area contributed by atoms with Gasteiger partial charge in [0, 0.05) is 42.5 Å². The number of carbonyl (C=O) groups is 2. The van der Waals surface area contributed by atoms with Crippen LogP contribution in [0.5, 0.6) is 11.5 Å². The number of nitrogens with one attached hydrogen (secondary N) is 1. The van der Waals surface area contributed by atoms with E-state index in [0.29, 0.717) is 29.6 Å². The Kier molecular flexibility index (Phi) is 6.42. The van der Waals surface area contributed by atoms with Crippen molar-refractivity contribution in [1.82, 2.24) is 0 Å². The van der Waals surface area contributed by atoms with Gasteiger partial charge in [-0.25, -0.2) is 0 Å². The zero-order valence-corrected chi connectivity index (χ0v) is 17.4. The van der Waals surface area contributed by atoms with Crippen molar-refractivity contribution in [3.63, 3.8) is 0 Å². The fraction of sp³-hybridized carbons (Fsp3) is 0.391. The fourth-order valence-corrected chi connectivity index (χ4v) is 3.61. The molecule has 1 N–H and O–H groups in total. The molecular weight excluding hydrogens is 368 g/mol. The first-order valence-electron chi connectivity index (χ1n) is 9.90. The van der Waals surface area contributed by atoms with E-state index in [1.807, 2.05) is 18.2 Å². The molecule has 154 valence electrons. The van der Waals surface area contributed by atoms with Gasteiger partial charge in [0.1, 0.15) is 11.5 Å². The van der Waals surface area contributed by atoms with Gasteiger partial charge in [0.25, 0.3) is 0 Å². The average molecular weight is 396 g/mol. The van der Waals surface area contributed by atoms with Crippen molar-refractivity contribution in [3.05, 3.63) is 48.0 Å². The molecule has 0 aliphatic carbocycles. The highest BCUT2D eigenvalue weighted by Crippen LogP contribution is 2.34. The summed E-state index contributed by atoms with van der Waals surface area (Å²) in [5.74, 6) is 0.902. The fourth-order valence-electron chi connectivity index (χ4n) is 3.61. The normalized spacial score (nSPS) is 17.2. The molecule has 1 fully saturated rings. The first-order chi connectivity index (χ1) is 14.0. The molecule has 2 aromatic rings. The number of nitrogens with zero attached hydrogens (tertiary/aromatic N) is 1. The lowest BCUT2D eigenvalue weighted by Gasteiger charge is -2.23. The molecule has 2 amide bonds. The van der Waals surface area contributed by atoms with Crippen LogP contribution >= 0.6 is 0 Å². The van der Waals surface area contributed by atoms with E-state index in [0.717, 1.165) is 17.7 Å². The molecule has 1 aliphatic rings. The van der Waals surface area contributed by atoms with Gasteiger partial charge < -0.3 is 19.7 Å². The lowest BCUT2D eigenvalue weighted by Crippen LogP contribution is -2.29. The predicted molar refractivity (Wildman–Crippen MR) is 114 cm³/mol. The largest absolute Gasteiger partial charge is 0.497 e. The summed E-state index contributed by atoms with van der Waals surface area (Å²) in [7, 11) is 3.12. The van der Waals surface area contributed by atoms with Gasteiger partial charge >= 0.3 is 0 Å². The Hall–Kier alpha value is -3.02. The summed E-state index contributed by atoms with van der Waals surface area (Å²) in [4.78, 5) is 27.3. The topological polar surface area (TPSA) is 67.9 Å². The molecule has 6 nitrogen and oxygen atoms in total. The lowest BCUT2D eigenvalue weighted by molar-refractivity contribution is -0.122. The standard InChI is InChI=1S/C23H28N2O4/c1-5-15(2)20-8-6-7-9-21(20)25-14-16(10-22(25)26)23(27)24-17-11-18(28-3)13-19(12-17)29-4/h6-9,11-13,15-16H,5,10,14H2,1-4H3,(H,24,27). The smallest absolute Gasteiger partial charge is 0.229 e. The Morgan fingerprint density at radius 3 is 2.45 bits per heavy atom. The molecule has 29 heavy (non-hydrogen) atoms. The molecule has 2 atom stereocenters. The summed E-state index contributed by atoms with van der Waals surface area (Å²) in [5.41, 5.74) is 2.63. The zero-order chi connectivity index (χ0) is 21.0. The molecular formula is C23H28N2O4. The van der Waals surface area contributed by atoms with Crippen LogP contribution in [0.3, 0.4) is 0 Å². The van der Waals surface area contributed by atoms with Crippen molar-refractivity contribution in [2.45, 2.75) is 32.6 Å². The number of anilines is 2. The third-order valence-corrected chi connectivity index (χ3v) is 5.49. The second kappa shape index (κ2) is 8.99. The summed E-state index contributed by atoms with van der Waals surface area (Å²) in [6.07, 6.45) is 1.18. The minimum Gasteiger partial charge on any atom is -0.497 e. The van der Waals surface area contributed by atoms with E-state index in [1.54, 1.807) is 37.3 Å². The van der Waals surface area contributed by atoms with Crippen LogP contribution < -0.4 is 19.7 Å². The maximum atomic E-state index is 12.8. The van der Waals surface area contributed by atoms with Crippen molar-refractivity contribution in [2.24, 2.45) is 5.92 Å². The number of rotatable bonds is 7. The van der Waals surface area contributed by atoms with Gasteiger partial charge in [0.05, 0.1) is 20.1 Å². The van der Waals surface area contributed by atoms with Crippen LogP contribution in [0, 0.1) is 5.92 Å². The molecule has 0 radical (unpaired) electrons. The van der Waals surface area contributed by atoms with E-state index in [9.17, 15) is 9.59 Å². The predicted octanol–water partition coefficient (Wildman–Crippen LogP) is 4.21. The van der Waals surface area contributed by atoms with Gasteiger partial charge in [-0.2, -0.15) is 0 Å². The van der Waals surface area contributed by atoms with E-state index in [2.05, 4.69) is 25.2 Å². The first kappa shape index (κ1) is 20.7. The highest BCUT2D eigenvalue weighted by atomic mass is 16.5. The van der Waals surface area contributed by atoms with Gasteiger partial charge in [0.2, 0.25) is 11.8 Å². The molecule has 6 heteroatoms. The molecule has 2 aromatic carbocycles. The number of ether oxygens (including phenoxy) is 2. The Labute approximate surface area is 171 Å². The molecule has 2 unspecified atom stereocenters. The Balaban J connectivity index is 1.76. The Bertz CT molecular complexity index is 874. The first-order valence-corrected chi connectivity index (χ1v) is 9.90. The summed E-state index contributed by atoms with van der Waals surface area (Å²) < 4.78 is 10.5. The molecule has 1 aliphatic heterocycles. The molecule has 0 spiro atoms. The summed E-state index contributed by atoms with van der Waals surface area (Å²) in [5, 5.41) is 2.90. The second-order valence-corrected chi connectivity index (χ2v) is 7.36. The van der Waals surface area contributed by atoms with E-state index in [-0.39, 0.29) is 18.2 Å². The van der Waals surface area contributed by atoms with Crippen molar-refractivity contribution in [2.75, 3.05) is 31.0 Å². The van der Waals surface area contributed by atoms with Gasteiger partial charge in [-0.1, -0.05) is 32.0 Å². The van der Waals surface area contributed by atoms with E-state index < -0.39 is 5.92 Å². The van der Waals surface area contributed by atoms with Crippen molar-refractivity contribution in [3.8, 4) is 11.5 Å². The molecule has 0 aromatic heterocycles. The van der Waals surface area contributed by atoms with E-state index in [4.69, 9.17) is 9.47 Å². The van der Waals surface area contributed by atoms with Crippen LogP contribution in [0.2, 0.25) is 0 Å². The van der Waals surface area contributed by atoms with Crippen LogP contribution in [-0.2, 0) is 9.59 Å². The van der Waals surface area contributed by atoms with Crippen LogP contribution in [-0.4, -0.2) is 32.6 Å². The SMILES string of the molecule is CCC(C)c1ccccc1N1CC(C(=O)Nc2cc(OC)cc(OC)c2)CC1=O. The van der Waals surface area contributed by atoms with E-state index >= 15 is 0 Å². The number of carbonyl (C=O) groups excluding carboxylic acids is 2. The maximum absolute atomic E-state index is 12.8. The average Bonchev–Trinajstić information content (AvgIpc) is 3.14.